The highest BCUT2D eigenvalue weighted by atomic mass is 16.2. The van der Waals surface area contributed by atoms with E-state index in [1.54, 1.807) is 6.33 Å². The molecule has 2 atom stereocenters. The SMILES string of the molecule is C[C@H]1CN(C(=O)CC#N)[C@@]1(C)CCCN(C)c1ncnc2[nH]ccc12. The zero-order chi connectivity index (χ0) is 18.0. The predicted octanol–water partition coefficient (Wildman–Crippen LogP) is 2.32. The Morgan fingerprint density at radius 3 is 3.08 bits per heavy atom. The Balaban J connectivity index is 1.61. The van der Waals surface area contributed by atoms with Gasteiger partial charge in [0.15, 0.2) is 0 Å². The fourth-order valence-corrected chi connectivity index (χ4v) is 3.71. The lowest BCUT2D eigenvalue weighted by Gasteiger charge is -2.56. The second-order valence-corrected chi connectivity index (χ2v) is 7.06. The van der Waals surface area contributed by atoms with Crippen molar-refractivity contribution in [2.45, 2.75) is 38.6 Å². The normalized spacial score (nSPS) is 22.5. The van der Waals surface area contributed by atoms with Crippen molar-refractivity contribution in [2.75, 3.05) is 25.0 Å². The number of anilines is 1. The molecule has 2 aromatic heterocycles. The minimum Gasteiger partial charge on any atom is -0.359 e. The van der Waals surface area contributed by atoms with Crippen molar-refractivity contribution in [3.8, 4) is 6.07 Å². The van der Waals surface area contributed by atoms with Gasteiger partial charge in [0.2, 0.25) is 5.91 Å². The molecular formula is C18H24N6O. The van der Waals surface area contributed by atoms with Gasteiger partial charge < -0.3 is 14.8 Å². The average molecular weight is 340 g/mol. The van der Waals surface area contributed by atoms with Crippen molar-refractivity contribution in [3.63, 3.8) is 0 Å². The molecule has 0 saturated carbocycles. The lowest BCUT2D eigenvalue weighted by molar-refractivity contribution is -0.154. The monoisotopic (exact) mass is 340 g/mol. The highest BCUT2D eigenvalue weighted by Crippen LogP contribution is 2.40. The van der Waals surface area contributed by atoms with Crippen LogP contribution in [0.3, 0.4) is 0 Å². The van der Waals surface area contributed by atoms with Gasteiger partial charge in [-0.05, 0) is 31.7 Å². The number of fused-ring (bicyclic) bond motifs is 1. The van der Waals surface area contributed by atoms with E-state index in [-0.39, 0.29) is 17.9 Å². The van der Waals surface area contributed by atoms with E-state index in [1.807, 2.05) is 30.3 Å². The van der Waals surface area contributed by atoms with Gasteiger partial charge in [0, 0.05) is 31.9 Å². The third kappa shape index (κ3) is 3.04. The summed E-state index contributed by atoms with van der Waals surface area (Å²) in [5, 5.41) is 9.78. The van der Waals surface area contributed by atoms with Crippen LogP contribution in [-0.4, -0.2) is 51.4 Å². The Labute approximate surface area is 147 Å². The van der Waals surface area contributed by atoms with Gasteiger partial charge in [0.05, 0.1) is 11.5 Å². The Hall–Kier alpha value is -2.62. The Morgan fingerprint density at radius 1 is 1.56 bits per heavy atom. The van der Waals surface area contributed by atoms with E-state index in [0.717, 1.165) is 42.8 Å². The van der Waals surface area contributed by atoms with E-state index in [0.29, 0.717) is 5.92 Å². The van der Waals surface area contributed by atoms with Crippen molar-refractivity contribution in [1.82, 2.24) is 19.9 Å². The molecule has 1 fully saturated rings. The summed E-state index contributed by atoms with van der Waals surface area (Å²) in [4.78, 5) is 27.8. The minimum absolute atomic E-state index is 0.0331. The Morgan fingerprint density at radius 2 is 2.36 bits per heavy atom. The molecule has 0 unspecified atom stereocenters. The standard InChI is InChI=1S/C18H24N6O/c1-13-11-24(15(25)5-8-19)18(13,2)7-4-10-23(3)17-14-6-9-20-16(14)21-12-22-17/h6,9,12-13H,4-5,7,10-11H2,1-3H3,(H,20,21,22)/t13-,18-/m0/s1. The third-order valence-corrected chi connectivity index (χ3v) is 5.54. The van der Waals surface area contributed by atoms with Crippen LogP contribution in [0.4, 0.5) is 5.82 Å². The lowest BCUT2D eigenvalue weighted by atomic mass is 9.73. The summed E-state index contributed by atoms with van der Waals surface area (Å²) in [6.07, 6.45) is 5.27. The van der Waals surface area contributed by atoms with E-state index in [1.165, 1.54) is 0 Å². The zero-order valence-corrected chi connectivity index (χ0v) is 15.0. The van der Waals surface area contributed by atoms with Gasteiger partial charge in [-0.2, -0.15) is 5.26 Å². The van der Waals surface area contributed by atoms with Gasteiger partial charge in [-0.1, -0.05) is 6.92 Å². The third-order valence-electron chi connectivity index (χ3n) is 5.54. The summed E-state index contributed by atoms with van der Waals surface area (Å²) in [6, 6.07) is 3.95. The number of hydrogen-bond acceptors (Lipinski definition) is 5. The van der Waals surface area contributed by atoms with Crippen LogP contribution in [0.15, 0.2) is 18.6 Å². The first-order valence-corrected chi connectivity index (χ1v) is 8.64. The molecule has 0 spiro atoms. The van der Waals surface area contributed by atoms with E-state index < -0.39 is 0 Å². The van der Waals surface area contributed by atoms with Crippen molar-refractivity contribution in [2.24, 2.45) is 5.92 Å². The number of H-pyrrole nitrogens is 1. The highest BCUT2D eigenvalue weighted by molar-refractivity contribution is 5.87. The Kier molecular flexibility index (Phi) is 4.62. The number of nitrogens with one attached hydrogen (secondary N) is 1. The molecule has 7 heteroatoms. The van der Waals surface area contributed by atoms with Gasteiger partial charge in [0.25, 0.3) is 0 Å². The van der Waals surface area contributed by atoms with Gasteiger partial charge in [0.1, 0.15) is 24.2 Å². The van der Waals surface area contributed by atoms with Crippen LogP contribution >= 0.6 is 0 Å². The molecule has 1 aliphatic heterocycles. The molecule has 0 bridgehead atoms. The number of aromatic nitrogens is 3. The number of likely N-dealkylation sites (tertiary alicyclic amines) is 1. The molecular weight excluding hydrogens is 316 g/mol. The molecule has 25 heavy (non-hydrogen) atoms. The van der Waals surface area contributed by atoms with Crippen molar-refractivity contribution < 1.29 is 4.79 Å². The molecule has 1 amide bonds. The van der Waals surface area contributed by atoms with E-state index in [9.17, 15) is 4.79 Å². The van der Waals surface area contributed by atoms with Crippen LogP contribution in [0.5, 0.6) is 0 Å². The maximum absolute atomic E-state index is 12.1. The second kappa shape index (κ2) is 6.71. The van der Waals surface area contributed by atoms with Crippen LogP contribution in [0.2, 0.25) is 0 Å². The van der Waals surface area contributed by atoms with Crippen LogP contribution < -0.4 is 4.90 Å². The zero-order valence-electron chi connectivity index (χ0n) is 15.0. The fraction of sp³-hybridized carbons (Fsp3) is 0.556. The molecule has 1 saturated heterocycles. The maximum Gasteiger partial charge on any atom is 0.237 e. The lowest BCUT2D eigenvalue weighted by Crippen LogP contribution is -2.66. The molecule has 0 radical (unpaired) electrons. The molecule has 1 N–H and O–H groups in total. The minimum atomic E-state index is -0.149. The van der Waals surface area contributed by atoms with Gasteiger partial charge in [-0.3, -0.25) is 4.79 Å². The number of nitrogens with zero attached hydrogens (tertiary/aromatic N) is 5. The number of carbonyl (C=O) groups excluding carboxylic acids is 1. The quantitative estimate of drug-likeness (QED) is 0.872. The number of nitriles is 1. The van der Waals surface area contributed by atoms with E-state index >= 15 is 0 Å². The van der Waals surface area contributed by atoms with Crippen LogP contribution in [0, 0.1) is 17.2 Å². The molecule has 3 rings (SSSR count). The number of rotatable bonds is 6. The summed E-state index contributed by atoms with van der Waals surface area (Å²) >= 11 is 0. The van der Waals surface area contributed by atoms with Crippen molar-refractivity contribution >= 4 is 22.8 Å². The van der Waals surface area contributed by atoms with Gasteiger partial charge in [-0.15, -0.1) is 0 Å². The first kappa shape index (κ1) is 17.2. The summed E-state index contributed by atoms with van der Waals surface area (Å²) in [5.74, 6) is 1.31. The number of carbonyl (C=O) groups is 1. The summed E-state index contributed by atoms with van der Waals surface area (Å²) in [7, 11) is 2.03. The van der Waals surface area contributed by atoms with Crippen LogP contribution in [0.25, 0.3) is 11.0 Å². The first-order chi connectivity index (χ1) is 12.0. The number of hydrogen-bond donors (Lipinski definition) is 1. The van der Waals surface area contributed by atoms with Crippen molar-refractivity contribution in [1.29, 1.82) is 5.26 Å². The summed E-state index contributed by atoms with van der Waals surface area (Å²) in [5.41, 5.74) is 0.689. The van der Waals surface area contributed by atoms with E-state index in [4.69, 9.17) is 5.26 Å². The molecule has 3 heterocycles. The Bertz CT molecular complexity index is 809. The topological polar surface area (TPSA) is 88.9 Å². The first-order valence-electron chi connectivity index (χ1n) is 8.64. The molecule has 0 aromatic carbocycles. The molecule has 1 aliphatic rings. The van der Waals surface area contributed by atoms with Crippen LogP contribution in [-0.2, 0) is 4.79 Å². The highest BCUT2D eigenvalue weighted by Gasteiger charge is 2.48. The maximum atomic E-state index is 12.1. The second-order valence-electron chi connectivity index (χ2n) is 7.06. The molecule has 0 aliphatic carbocycles. The predicted molar refractivity (Wildman–Crippen MR) is 95.9 cm³/mol. The molecule has 7 nitrogen and oxygen atoms in total. The van der Waals surface area contributed by atoms with E-state index in [2.05, 4.69) is 33.7 Å². The molecule has 2 aromatic rings. The number of aromatic amines is 1. The number of amides is 1. The van der Waals surface area contributed by atoms with Crippen molar-refractivity contribution in [3.05, 3.63) is 18.6 Å². The largest absolute Gasteiger partial charge is 0.359 e. The summed E-state index contributed by atoms with van der Waals surface area (Å²) < 4.78 is 0. The van der Waals surface area contributed by atoms with Gasteiger partial charge in [-0.25, -0.2) is 9.97 Å². The average Bonchev–Trinajstić information content (AvgIpc) is 3.08. The van der Waals surface area contributed by atoms with Gasteiger partial charge >= 0.3 is 0 Å². The molecule has 132 valence electrons. The summed E-state index contributed by atoms with van der Waals surface area (Å²) in [6.45, 7) is 5.90. The smallest absolute Gasteiger partial charge is 0.237 e. The fourth-order valence-electron chi connectivity index (χ4n) is 3.71. The van der Waals surface area contributed by atoms with Crippen LogP contribution in [0.1, 0.15) is 33.1 Å².